The summed E-state index contributed by atoms with van der Waals surface area (Å²) in [4.78, 5) is 8.55. The van der Waals surface area contributed by atoms with Crippen molar-refractivity contribution in [2.24, 2.45) is 0 Å². The van der Waals surface area contributed by atoms with Crippen LogP contribution < -0.4 is 5.73 Å². The molecule has 0 aliphatic carbocycles. The summed E-state index contributed by atoms with van der Waals surface area (Å²) in [6, 6.07) is 8.51. The third kappa shape index (κ3) is 2.11. The summed E-state index contributed by atoms with van der Waals surface area (Å²) in [5.74, 6) is 1.29. The van der Waals surface area contributed by atoms with Gasteiger partial charge in [0.15, 0.2) is 5.82 Å². The lowest BCUT2D eigenvalue weighted by Gasteiger charge is -2.04. The molecular weight excluding hydrogens is 202 g/mol. The summed E-state index contributed by atoms with van der Waals surface area (Å²) in [5.41, 5.74) is 7.46. The second-order valence-electron chi connectivity index (χ2n) is 3.51. The van der Waals surface area contributed by atoms with Crippen LogP contribution in [-0.4, -0.2) is 15.1 Å². The Morgan fingerprint density at radius 3 is 2.50 bits per heavy atom. The molecule has 0 saturated heterocycles. The Hall–Kier alpha value is -2.10. The number of nitrogen functional groups attached to an aromatic ring is 1. The summed E-state index contributed by atoms with van der Waals surface area (Å²) in [5, 5.41) is 9.19. The van der Waals surface area contributed by atoms with Gasteiger partial charge in [-0.25, -0.2) is 9.97 Å². The molecule has 0 saturated carbocycles. The number of phenolic OH excluding ortho intramolecular Hbond substituents is 1. The lowest BCUT2D eigenvalue weighted by Crippen LogP contribution is -1.99. The zero-order chi connectivity index (χ0) is 11.5. The maximum atomic E-state index is 9.19. The number of aryl methyl sites for hydroxylation is 1. The fourth-order valence-electron chi connectivity index (χ4n) is 1.44. The molecule has 0 atom stereocenters. The van der Waals surface area contributed by atoms with Crippen LogP contribution >= 0.6 is 0 Å². The summed E-state index contributed by atoms with van der Waals surface area (Å²) >= 11 is 0. The zero-order valence-corrected chi connectivity index (χ0v) is 9.01. The second-order valence-corrected chi connectivity index (χ2v) is 3.51. The minimum absolute atomic E-state index is 0.225. The standard InChI is InChI=1S/C12H13N3O/c1-2-9-7-11(13)15-12(14-9)8-3-5-10(16)6-4-8/h3-7,16H,2H2,1H3,(H2,13,14,15). The summed E-state index contributed by atoms with van der Waals surface area (Å²) in [6.07, 6.45) is 0.817. The van der Waals surface area contributed by atoms with Crippen LogP contribution in [0.2, 0.25) is 0 Å². The first-order valence-electron chi connectivity index (χ1n) is 5.12. The number of nitrogens with two attached hydrogens (primary N) is 1. The van der Waals surface area contributed by atoms with E-state index < -0.39 is 0 Å². The van der Waals surface area contributed by atoms with Gasteiger partial charge in [0.1, 0.15) is 11.6 Å². The Bertz CT molecular complexity index is 494. The topological polar surface area (TPSA) is 72.0 Å². The van der Waals surface area contributed by atoms with E-state index in [9.17, 15) is 5.11 Å². The molecular formula is C12H13N3O. The number of aromatic nitrogens is 2. The molecule has 4 nitrogen and oxygen atoms in total. The molecule has 0 aliphatic rings. The van der Waals surface area contributed by atoms with Crippen molar-refractivity contribution in [1.29, 1.82) is 0 Å². The lowest BCUT2D eigenvalue weighted by atomic mass is 10.2. The first-order chi connectivity index (χ1) is 7.69. The number of phenols is 1. The van der Waals surface area contributed by atoms with Gasteiger partial charge in [-0.3, -0.25) is 0 Å². The number of nitrogens with zero attached hydrogens (tertiary/aromatic N) is 2. The molecule has 1 heterocycles. The van der Waals surface area contributed by atoms with E-state index in [2.05, 4.69) is 9.97 Å². The molecule has 0 radical (unpaired) electrons. The van der Waals surface area contributed by atoms with Gasteiger partial charge < -0.3 is 10.8 Å². The van der Waals surface area contributed by atoms with Crippen LogP contribution in [0, 0.1) is 0 Å². The van der Waals surface area contributed by atoms with E-state index in [-0.39, 0.29) is 5.75 Å². The molecule has 0 aliphatic heterocycles. The maximum Gasteiger partial charge on any atom is 0.161 e. The molecule has 0 spiro atoms. The number of aromatic hydroxyl groups is 1. The van der Waals surface area contributed by atoms with Crippen LogP contribution in [0.1, 0.15) is 12.6 Å². The molecule has 1 aromatic heterocycles. The number of anilines is 1. The van der Waals surface area contributed by atoms with Crippen molar-refractivity contribution in [3.05, 3.63) is 36.0 Å². The molecule has 3 N–H and O–H groups in total. The number of benzene rings is 1. The van der Waals surface area contributed by atoms with Crippen molar-refractivity contribution < 1.29 is 5.11 Å². The van der Waals surface area contributed by atoms with Gasteiger partial charge in [-0.1, -0.05) is 6.92 Å². The van der Waals surface area contributed by atoms with Crippen molar-refractivity contribution in [3.8, 4) is 17.1 Å². The first-order valence-corrected chi connectivity index (χ1v) is 5.12. The van der Waals surface area contributed by atoms with Crippen molar-refractivity contribution in [1.82, 2.24) is 9.97 Å². The highest BCUT2D eigenvalue weighted by molar-refractivity contribution is 5.58. The summed E-state index contributed by atoms with van der Waals surface area (Å²) in [7, 11) is 0. The molecule has 0 bridgehead atoms. The van der Waals surface area contributed by atoms with Crippen molar-refractivity contribution >= 4 is 5.82 Å². The molecule has 0 unspecified atom stereocenters. The van der Waals surface area contributed by atoms with Gasteiger partial charge in [0, 0.05) is 17.3 Å². The van der Waals surface area contributed by atoms with Gasteiger partial charge in [-0.15, -0.1) is 0 Å². The molecule has 2 aromatic rings. The van der Waals surface area contributed by atoms with Gasteiger partial charge in [0.2, 0.25) is 0 Å². The minimum atomic E-state index is 0.225. The number of hydrogen-bond donors (Lipinski definition) is 2. The highest BCUT2D eigenvalue weighted by atomic mass is 16.3. The predicted octanol–water partition coefficient (Wildman–Crippen LogP) is 1.99. The summed E-state index contributed by atoms with van der Waals surface area (Å²) < 4.78 is 0. The fourth-order valence-corrected chi connectivity index (χ4v) is 1.44. The summed E-state index contributed by atoms with van der Waals surface area (Å²) in [6.45, 7) is 2.02. The van der Waals surface area contributed by atoms with E-state index in [1.54, 1.807) is 30.3 Å². The molecule has 2 rings (SSSR count). The SMILES string of the molecule is CCc1cc(N)nc(-c2ccc(O)cc2)n1. The Morgan fingerprint density at radius 2 is 1.88 bits per heavy atom. The highest BCUT2D eigenvalue weighted by Crippen LogP contribution is 2.19. The lowest BCUT2D eigenvalue weighted by molar-refractivity contribution is 0.475. The maximum absolute atomic E-state index is 9.19. The van der Waals surface area contributed by atoms with E-state index in [4.69, 9.17) is 5.73 Å². The quantitative estimate of drug-likeness (QED) is 0.803. The molecule has 82 valence electrons. The average Bonchev–Trinajstić information content (AvgIpc) is 2.29. The highest BCUT2D eigenvalue weighted by Gasteiger charge is 2.04. The Labute approximate surface area is 93.8 Å². The Morgan fingerprint density at radius 1 is 1.19 bits per heavy atom. The third-order valence-electron chi connectivity index (χ3n) is 2.29. The number of rotatable bonds is 2. The van der Waals surface area contributed by atoms with E-state index in [1.807, 2.05) is 6.92 Å². The van der Waals surface area contributed by atoms with Gasteiger partial charge in [-0.2, -0.15) is 0 Å². The molecule has 0 amide bonds. The van der Waals surface area contributed by atoms with Crippen LogP contribution in [0.15, 0.2) is 30.3 Å². The fraction of sp³-hybridized carbons (Fsp3) is 0.167. The zero-order valence-electron chi connectivity index (χ0n) is 9.01. The van der Waals surface area contributed by atoms with E-state index in [0.717, 1.165) is 17.7 Å². The van der Waals surface area contributed by atoms with Crippen LogP contribution in [0.4, 0.5) is 5.82 Å². The van der Waals surface area contributed by atoms with Gasteiger partial charge in [0.05, 0.1) is 0 Å². The molecule has 1 aromatic carbocycles. The van der Waals surface area contributed by atoms with Crippen LogP contribution in [0.3, 0.4) is 0 Å². The Kier molecular flexibility index (Phi) is 2.72. The predicted molar refractivity (Wildman–Crippen MR) is 62.9 cm³/mol. The molecule has 0 fully saturated rings. The van der Waals surface area contributed by atoms with Crippen LogP contribution in [0.5, 0.6) is 5.75 Å². The van der Waals surface area contributed by atoms with Gasteiger partial charge in [0.25, 0.3) is 0 Å². The van der Waals surface area contributed by atoms with Crippen molar-refractivity contribution in [2.75, 3.05) is 5.73 Å². The third-order valence-corrected chi connectivity index (χ3v) is 2.29. The van der Waals surface area contributed by atoms with Crippen LogP contribution in [-0.2, 0) is 6.42 Å². The van der Waals surface area contributed by atoms with Gasteiger partial charge in [-0.05, 0) is 30.7 Å². The second kappa shape index (κ2) is 4.18. The average molecular weight is 215 g/mol. The van der Waals surface area contributed by atoms with Gasteiger partial charge >= 0.3 is 0 Å². The van der Waals surface area contributed by atoms with E-state index >= 15 is 0 Å². The van der Waals surface area contributed by atoms with E-state index in [0.29, 0.717) is 11.6 Å². The normalized spacial score (nSPS) is 10.3. The number of hydrogen-bond acceptors (Lipinski definition) is 4. The Balaban J connectivity index is 2.47. The molecule has 16 heavy (non-hydrogen) atoms. The van der Waals surface area contributed by atoms with Crippen LogP contribution in [0.25, 0.3) is 11.4 Å². The smallest absolute Gasteiger partial charge is 0.161 e. The first kappa shape index (κ1) is 10.4. The van der Waals surface area contributed by atoms with Crippen molar-refractivity contribution in [2.45, 2.75) is 13.3 Å². The largest absolute Gasteiger partial charge is 0.508 e. The van der Waals surface area contributed by atoms with Crippen molar-refractivity contribution in [3.63, 3.8) is 0 Å². The minimum Gasteiger partial charge on any atom is -0.508 e. The van der Waals surface area contributed by atoms with E-state index in [1.165, 1.54) is 0 Å². The monoisotopic (exact) mass is 215 g/mol. The molecule has 4 heteroatoms.